The number of fused-ring (bicyclic) bond motifs is 1. The van der Waals surface area contributed by atoms with Crippen LogP contribution in [-0.2, 0) is 11.0 Å². The van der Waals surface area contributed by atoms with Gasteiger partial charge in [-0.05, 0) is 62.2 Å². The maximum atomic E-state index is 13.5. The van der Waals surface area contributed by atoms with Crippen LogP contribution in [-0.4, -0.2) is 59.8 Å². The molecule has 5 nitrogen and oxygen atoms in total. The summed E-state index contributed by atoms with van der Waals surface area (Å²) in [5.41, 5.74) is -0.143. The van der Waals surface area contributed by atoms with E-state index >= 15 is 0 Å². The largest absolute Gasteiger partial charge is 0.418 e. The van der Waals surface area contributed by atoms with Gasteiger partial charge in [-0.1, -0.05) is 6.92 Å². The van der Waals surface area contributed by atoms with Gasteiger partial charge in [0.15, 0.2) is 0 Å². The first kappa shape index (κ1) is 25.7. The first-order valence-corrected chi connectivity index (χ1v) is 12.2. The summed E-state index contributed by atoms with van der Waals surface area (Å²) in [5, 5.41) is 0. The van der Waals surface area contributed by atoms with Gasteiger partial charge in [0.2, 0.25) is 0 Å². The van der Waals surface area contributed by atoms with Crippen molar-refractivity contribution in [3.63, 3.8) is 0 Å². The molecule has 192 valence electrons. The Morgan fingerprint density at radius 2 is 1.69 bits per heavy atom. The Hall–Kier alpha value is -2.36. The quantitative estimate of drug-likeness (QED) is 0.476. The molecule has 3 heterocycles. The fourth-order valence-corrected chi connectivity index (χ4v) is 5.65. The number of Topliss-reactive ketones (excluding diaryl/α,β-unsaturated/α-hetero) is 1. The Labute approximate surface area is 201 Å². The van der Waals surface area contributed by atoms with E-state index in [1.807, 2.05) is 4.90 Å². The molecule has 0 unspecified atom stereocenters. The van der Waals surface area contributed by atoms with E-state index in [0.717, 1.165) is 25.3 Å². The van der Waals surface area contributed by atoms with Crippen molar-refractivity contribution in [3.8, 4) is 0 Å². The zero-order valence-corrected chi connectivity index (χ0v) is 19.8. The maximum absolute atomic E-state index is 13.5. The second-order valence-corrected chi connectivity index (χ2v) is 10.1. The molecule has 0 aliphatic carbocycles. The highest BCUT2D eigenvalue weighted by molar-refractivity contribution is 5.91. The van der Waals surface area contributed by atoms with Crippen molar-refractivity contribution in [2.24, 2.45) is 17.8 Å². The van der Waals surface area contributed by atoms with Crippen LogP contribution in [0.4, 0.5) is 27.6 Å². The Morgan fingerprint density at radius 1 is 1.03 bits per heavy atom. The SMILES string of the molecule is C[C@H]1C[C@@H](CC(=O)CC2CCN(CC(F)F)CC2)CN(c2ccc(C(F)(F)F)c3nccnc23)C1. The first-order chi connectivity index (χ1) is 16.6. The van der Waals surface area contributed by atoms with E-state index in [2.05, 4.69) is 16.9 Å². The summed E-state index contributed by atoms with van der Waals surface area (Å²) in [6, 6.07) is 2.52. The highest BCUT2D eigenvalue weighted by Gasteiger charge is 2.35. The van der Waals surface area contributed by atoms with Gasteiger partial charge >= 0.3 is 6.18 Å². The number of hydrogen-bond donors (Lipinski definition) is 0. The number of benzene rings is 1. The molecule has 2 fully saturated rings. The van der Waals surface area contributed by atoms with Gasteiger partial charge in [-0.3, -0.25) is 19.7 Å². The number of aromatic nitrogens is 2. The lowest BCUT2D eigenvalue weighted by molar-refractivity contribution is -0.136. The predicted octanol–water partition coefficient (Wildman–Crippen LogP) is 5.44. The predicted molar refractivity (Wildman–Crippen MR) is 123 cm³/mol. The lowest BCUT2D eigenvalue weighted by Crippen LogP contribution is -2.41. The highest BCUT2D eigenvalue weighted by Crippen LogP contribution is 2.38. The number of carbonyl (C=O) groups is 1. The second-order valence-electron chi connectivity index (χ2n) is 10.1. The monoisotopic (exact) mass is 498 g/mol. The molecule has 0 amide bonds. The van der Waals surface area contributed by atoms with E-state index < -0.39 is 18.2 Å². The molecule has 10 heteroatoms. The van der Waals surface area contributed by atoms with Crippen LogP contribution in [0.3, 0.4) is 0 Å². The summed E-state index contributed by atoms with van der Waals surface area (Å²) in [4.78, 5) is 24.8. The van der Waals surface area contributed by atoms with Crippen LogP contribution in [0.15, 0.2) is 24.5 Å². The summed E-state index contributed by atoms with van der Waals surface area (Å²) in [5.74, 6) is 0.767. The minimum atomic E-state index is -4.52. The smallest absolute Gasteiger partial charge is 0.369 e. The average Bonchev–Trinajstić information content (AvgIpc) is 2.78. The number of alkyl halides is 5. The molecule has 2 aromatic rings. The number of likely N-dealkylation sites (tertiary alicyclic amines) is 1. The minimum absolute atomic E-state index is 0.0965. The van der Waals surface area contributed by atoms with Crippen LogP contribution >= 0.6 is 0 Å². The van der Waals surface area contributed by atoms with Crippen LogP contribution in [0.25, 0.3) is 11.0 Å². The van der Waals surface area contributed by atoms with Crippen LogP contribution in [0.2, 0.25) is 0 Å². The summed E-state index contributed by atoms with van der Waals surface area (Å²) in [6.07, 6.45) is -0.940. The van der Waals surface area contributed by atoms with Crippen molar-refractivity contribution < 1.29 is 26.7 Å². The molecule has 0 N–H and O–H groups in total. The van der Waals surface area contributed by atoms with Gasteiger partial charge in [0.25, 0.3) is 6.43 Å². The lowest BCUT2D eigenvalue weighted by atomic mass is 9.83. The maximum Gasteiger partial charge on any atom is 0.418 e. The van der Waals surface area contributed by atoms with Crippen LogP contribution in [0.1, 0.15) is 44.6 Å². The molecule has 1 aromatic heterocycles. The Kier molecular flexibility index (Phi) is 7.88. The van der Waals surface area contributed by atoms with Gasteiger partial charge in [-0.25, -0.2) is 8.78 Å². The highest BCUT2D eigenvalue weighted by atomic mass is 19.4. The molecule has 0 radical (unpaired) electrons. The summed E-state index contributed by atoms with van der Waals surface area (Å²) in [7, 11) is 0. The number of halogens is 5. The van der Waals surface area contributed by atoms with Gasteiger partial charge < -0.3 is 4.90 Å². The molecule has 2 atom stereocenters. The molecule has 4 rings (SSSR count). The molecule has 2 aliphatic heterocycles. The molecular formula is C25H31F5N4O. The minimum Gasteiger partial charge on any atom is -0.369 e. The Balaban J connectivity index is 1.41. The van der Waals surface area contributed by atoms with E-state index in [4.69, 9.17) is 0 Å². The molecule has 0 saturated carbocycles. The molecule has 1 aromatic carbocycles. The van der Waals surface area contributed by atoms with Crippen molar-refractivity contribution >= 4 is 22.5 Å². The Morgan fingerprint density at radius 3 is 2.34 bits per heavy atom. The Bertz CT molecular complexity index is 1020. The summed E-state index contributed by atoms with van der Waals surface area (Å²) >= 11 is 0. The summed E-state index contributed by atoms with van der Waals surface area (Å²) < 4.78 is 65.6. The van der Waals surface area contributed by atoms with Gasteiger partial charge in [0.1, 0.15) is 16.8 Å². The topological polar surface area (TPSA) is 49.3 Å². The normalized spacial score (nSPS) is 22.8. The van der Waals surface area contributed by atoms with Crippen LogP contribution in [0.5, 0.6) is 0 Å². The first-order valence-electron chi connectivity index (χ1n) is 12.2. The zero-order chi connectivity index (χ0) is 25.2. The zero-order valence-electron chi connectivity index (χ0n) is 19.8. The molecule has 2 aliphatic rings. The third-order valence-electron chi connectivity index (χ3n) is 7.13. The molecular weight excluding hydrogens is 467 g/mol. The van der Waals surface area contributed by atoms with Crippen LogP contribution in [0, 0.1) is 17.8 Å². The standard InChI is InChI=1S/C25H31F5N4O/c1-16-10-18(12-19(35)11-17-4-8-33(9-5-17)15-22(26)27)14-34(13-16)21-3-2-20(25(28,29)30)23-24(21)32-7-6-31-23/h2-3,6-7,16-18,22H,4-5,8-15H2,1H3/t16-,18-/m0/s1. The van der Waals surface area contributed by atoms with Crippen molar-refractivity contribution in [2.75, 3.05) is 37.6 Å². The van der Waals surface area contributed by atoms with Crippen molar-refractivity contribution in [3.05, 3.63) is 30.1 Å². The molecule has 2 saturated heterocycles. The lowest BCUT2D eigenvalue weighted by Gasteiger charge is -2.38. The fraction of sp³-hybridized carbons (Fsp3) is 0.640. The van der Waals surface area contributed by atoms with Crippen LogP contribution < -0.4 is 4.90 Å². The summed E-state index contributed by atoms with van der Waals surface area (Å²) in [6.45, 7) is 4.31. The van der Waals surface area contributed by atoms with E-state index in [-0.39, 0.29) is 41.1 Å². The van der Waals surface area contributed by atoms with Gasteiger partial charge in [0, 0.05) is 38.3 Å². The van der Waals surface area contributed by atoms with Crippen molar-refractivity contribution in [1.82, 2.24) is 14.9 Å². The van der Waals surface area contributed by atoms with E-state index in [9.17, 15) is 26.7 Å². The number of carbonyl (C=O) groups excluding carboxylic acids is 1. The average molecular weight is 499 g/mol. The molecule has 0 bridgehead atoms. The van der Waals surface area contributed by atoms with Gasteiger partial charge in [0.05, 0.1) is 17.8 Å². The third kappa shape index (κ3) is 6.45. The van der Waals surface area contributed by atoms with Crippen molar-refractivity contribution in [2.45, 2.75) is 51.6 Å². The number of piperidine rings is 2. The third-order valence-corrected chi connectivity index (χ3v) is 7.13. The number of ketones is 1. The van der Waals surface area contributed by atoms with E-state index in [0.29, 0.717) is 44.7 Å². The number of nitrogens with zero attached hydrogens (tertiary/aromatic N) is 4. The van der Waals surface area contributed by atoms with Gasteiger partial charge in [-0.2, -0.15) is 13.2 Å². The molecule has 0 spiro atoms. The van der Waals surface area contributed by atoms with Crippen molar-refractivity contribution in [1.29, 1.82) is 0 Å². The van der Waals surface area contributed by atoms with E-state index in [1.54, 1.807) is 4.90 Å². The number of anilines is 1. The second kappa shape index (κ2) is 10.7. The number of rotatable bonds is 7. The molecule has 35 heavy (non-hydrogen) atoms. The van der Waals surface area contributed by atoms with Gasteiger partial charge in [-0.15, -0.1) is 0 Å². The number of hydrogen-bond acceptors (Lipinski definition) is 5. The van der Waals surface area contributed by atoms with E-state index in [1.165, 1.54) is 18.5 Å². The fourth-order valence-electron chi connectivity index (χ4n) is 5.65.